The fourth-order valence-corrected chi connectivity index (χ4v) is 1.48. The van der Waals surface area contributed by atoms with Crippen LogP contribution in [0.25, 0.3) is 0 Å². The van der Waals surface area contributed by atoms with Gasteiger partial charge in [-0.25, -0.2) is 4.79 Å². The minimum absolute atomic E-state index is 0.0246. The number of carbonyl (C=O) groups excluding carboxylic acids is 1. The molecule has 4 N–H and O–H groups in total. The Bertz CT molecular complexity index is 238. The minimum Gasteiger partial charge on any atom is -0.388 e. The van der Waals surface area contributed by atoms with Crippen LogP contribution in [-0.4, -0.2) is 35.9 Å². The maximum Gasteiger partial charge on any atom is 0.317 e. The van der Waals surface area contributed by atoms with E-state index in [1.54, 1.807) is 4.90 Å². The highest BCUT2D eigenvalue weighted by Crippen LogP contribution is 2.18. The molecule has 1 aliphatic rings. The van der Waals surface area contributed by atoms with Gasteiger partial charge in [-0.3, -0.25) is 5.41 Å². The van der Waals surface area contributed by atoms with Crippen molar-refractivity contribution >= 4 is 11.9 Å². The van der Waals surface area contributed by atoms with Gasteiger partial charge in [0.05, 0.1) is 5.84 Å². The van der Waals surface area contributed by atoms with Crippen molar-refractivity contribution in [2.24, 2.45) is 5.73 Å². The molecule has 15 heavy (non-hydrogen) atoms. The molecule has 2 amide bonds. The highest BCUT2D eigenvalue weighted by molar-refractivity contribution is 5.79. The Morgan fingerprint density at radius 3 is 2.67 bits per heavy atom. The lowest BCUT2D eigenvalue weighted by Crippen LogP contribution is -2.47. The van der Waals surface area contributed by atoms with E-state index in [9.17, 15) is 4.79 Å². The van der Waals surface area contributed by atoms with Gasteiger partial charge in [-0.2, -0.15) is 0 Å². The largest absolute Gasteiger partial charge is 0.388 e. The molecule has 0 aliphatic heterocycles. The zero-order valence-corrected chi connectivity index (χ0v) is 9.25. The maximum atomic E-state index is 11.7. The molecule has 1 aliphatic carbocycles. The minimum atomic E-state index is -0.0246. The summed E-state index contributed by atoms with van der Waals surface area (Å²) in [5.74, 6) is 0.130. The zero-order valence-electron chi connectivity index (χ0n) is 9.25. The summed E-state index contributed by atoms with van der Waals surface area (Å²) in [6.45, 7) is 3.12. The van der Waals surface area contributed by atoms with Crippen molar-refractivity contribution in [1.82, 2.24) is 10.2 Å². The number of urea groups is 1. The number of amides is 2. The van der Waals surface area contributed by atoms with Crippen molar-refractivity contribution in [2.75, 3.05) is 13.1 Å². The highest BCUT2D eigenvalue weighted by Gasteiger charge is 2.21. The van der Waals surface area contributed by atoms with Crippen LogP contribution in [0, 0.1) is 5.41 Å². The molecule has 0 bridgehead atoms. The second-order valence-corrected chi connectivity index (χ2v) is 3.93. The summed E-state index contributed by atoms with van der Waals surface area (Å²) in [5, 5.41) is 10.1. The van der Waals surface area contributed by atoms with Gasteiger partial charge in [0.2, 0.25) is 0 Å². The van der Waals surface area contributed by atoms with E-state index in [4.69, 9.17) is 11.1 Å². The smallest absolute Gasteiger partial charge is 0.317 e. The molecule has 0 atom stereocenters. The van der Waals surface area contributed by atoms with Crippen molar-refractivity contribution in [2.45, 2.75) is 38.6 Å². The molecule has 5 nitrogen and oxygen atoms in total. The molecule has 0 heterocycles. The molecule has 5 heteroatoms. The molecule has 0 spiro atoms. The summed E-state index contributed by atoms with van der Waals surface area (Å²) in [6.07, 6.45) is 3.85. The lowest BCUT2D eigenvalue weighted by molar-refractivity contribution is 0.190. The quantitative estimate of drug-likeness (QED) is 0.467. The summed E-state index contributed by atoms with van der Waals surface area (Å²) < 4.78 is 0. The summed E-state index contributed by atoms with van der Waals surface area (Å²) >= 11 is 0. The molecule has 1 rings (SSSR count). The zero-order chi connectivity index (χ0) is 11.3. The summed E-state index contributed by atoms with van der Waals surface area (Å²) in [7, 11) is 0. The summed E-state index contributed by atoms with van der Waals surface area (Å²) in [4.78, 5) is 13.4. The van der Waals surface area contributed by atoms with Gasteiger partial charge in [-0.1, -0.05) is 0 Å². The number of hydrogen-bond donors (Lipinski definition) is 3. The number of carbonyl (C=O) groups is 1. The van der Waals surface area contributed by atoms with Crippen LogP contribution < -0.4 is 11.1 Å². The van der Waals surface area contributed by atoms with Crippen LogP contribution in [-0.2, 0) is 0 Å². The van der Waals surface area contributed by atoms with Crippen LogP contribution in [0.3, 0.4) is 0 Å². The fourth-order valence-electron chi connectivity index (χ4n) is 1.48. The molecule has 86 valence electrons. The molecular formula is C10H20N4O. The van der Waals surface area contributed by atoms with Crippen molar-refractivity contribution in [3.05, 3.63) is 0 Å². The van der Waals surface area contributed by atoms with E-state index in [0.717, 1.165) is 12.8 Å². The van der Waals surface area contributed by atoms with Crippen LogP contribution in [0.4, 0.5) is 4.79 Å². The standard InChI is InChI=1S/C10H20N4O/c1-2-14(7-6-9(11)12)10(15)13-8-4-3-5-8/h8H,2-7H2,1H3,(H3,11,12)(H,13,15). The Labute approximate surface area is 90.5 Å². The van der Waals surface area contributed by atoms with E-state index in [1.165, 1.54) is 6.42 Å². The highest BCUT2D eigenvalue weighted by atomic mass is 16.2. The van der Waals surface area contributed by atoms with Gasteiger partial charge >= 0.3 is 6.03 Å². The molecule has 0 aromatic carbocycles. The lowest BCUT2D eigenvalue weighted by atomic mass is 9.93. The Morgan fingerprint density at radius 2 is 2.27 bits per heavy atom. The Balaban J connectivity index is 2.28. The number of hydrogen-bond acceptors (Lipinski definition) is 2. The predicted octanol–water partition coefficient (Wildman–Crippen LogP) is 0.896. The number of nitrogens with two attached hydrogens (primary N) is 1. The fraction of sp³-hybridized carbons (Fsp3) is 0.800. The van der Waals surface area contributed by atoms with Crippen molar-refractivity contribution in [3.63, 3.8) is 0 Å². The van der Waals surface area contributed by atoms with Crippen molar-refractivity contribution in [1.29, 1.82) is 5.41 Å². The van der Waals surface area contributed by atoms with Crippen LogP contribution in [0.5, 0.6) is 0 Å². The molecule has 0 radical (unpaired) electrons. The van der Waals surface area contributed by atoms with E-state index < -0.39 is 0 Å². The molecule has 1 saturated carbocycles. The van der Waals surface area contributed by atoms with Gasteiger partial charge < -0.3 is 16.0 Å². The third kappa shape index (κ3) is 3.77. The molecule has 1 fully saturated rings. The van der Waals surface area contributed by atoms with E-state index in [2.05, 4.69) is 5.32 Å². The Kier molecular flexibility index (Phi) is 4.39. The first-order valence-corrected chi connectivity index (χ1v) is 5.51. The molecule has 0 aromatic rings. The summed E-state index contributed by atoms with van der Waals surface area (Å²) in [6, 6.07) is 0.340. The van der Waals surface area contributed by atoms with E-state index in [-0.39, 0.29) is 11.9 Å². The van der Waals surface area contributed by atoms with Gasteiger partial charge in [-0.05, 0) is 26.2 Å². The average Bonchev–Trinajstić information content (AvgIpc) is 2.12. The first-order chi connectivity index (χ1) is 7.13. The van der Waals surface area contributed by atoms with Crippen LogP contribution in [0.15, 0.2) is 0 Å². The van der Waals surface area contributed by atoms with Gasteiger partial charge in [0.15, 0.2) is 0 Å². The number of nitrogens with zero attached hydrogens (tertiary/aromatic N) is 1. The second kappa shape index (κ2) is 5.58. The molecule has 0 unspecified atom stereocenters. The molecule has 0 aromatic heterocycles. The number of amidine groups is 1. The molecule has 0 saturated heterocycles. The van der Waals surface area contributed by atoms with E-state index in [0.29, 0.717) is 25.6 Å². The SMILES string of the molecule is CCN(CCC(=N)N)C(=O)NC1CCC1. The van der Waals surface area contributed by atoms with Gasteiger partial charge in [0.25, 0.3) is 0 Å². The normalized spacial score (nSPS) is 15.5. The van der Waals surface area contributed by atoms with Crippen LogP contribution in [0.2, 0.25) is 0 Å². The first kappa shape index (κ1) is 11.8. The summed E-state index contributed by atoms with van der Waals surface area (Å²) in [5.41, 5.74) is 5.26. The molecular weight excluding hydrogens is 192 g/mol. The van der Waals surface area contributed by atoms with Crippen LogP contribution in [0.1, 0.15) is 32.6 Å². The van der Waals surface area contributed by atoms with Gasteiger partial charge in [-0.15, -0.1) is 0 Å². The van der Waals surface area contributed by atoms with Gasteiger partial charge in [0, 0.05) is 25.6 Å². The number of nitrogens with one attached hydrogen (secondary N) is 2. The topological polar surface area (TPSA) is 82.2 Å². The Morgan fingerprint density at radius 1 is 1.60 bits per heavy atom. The second-order valence-electron chi connectivity index (χ2n) is 3.93. The average molecular weight is 212 g/mol. The van der Waals surface area contributed by atoms with Crippen LogP contribution >= 0.6 is 0 Å². The predicted molar refractivity (Wildman–Crippen MR) is 59.9 cm³/mol. The van der Waals surface area contributed by atoms with Crippen molar-refractivity contribution < 1.29 is 4.79 Å². The van der Waals surface area contributed by atoms with E-state index in [1.807, 2.05) is 6.92 Å². The lowest BCUT2D eigenvalue weighted by Gasteiger charge is -2.30. The van der Waals surface area contributed by atoms with E-state index >= 15 is 0 Å². The Hall–Kier alpha value is -1.26. The van der Waals surface area contributed by atoms with Crippen molar-refractivity contribution in [3.8, 4) is 0 Å². The third-order valence-electron chi connectivity index (χ3n) is 2.75. The van der Waals surface area contributed by atoms with Gasteiger partial charge in [0.1, 0.15) is 0 Å². The first-order valence-electron chi connectivity index (χ1n) is 5.51. The number of rotatable bonds is 5. The third-order valence-corrected chi connectivity index (χ3v) is 2.75. The maximum absolute atomic E-state index is 11.7. The monoisotopic (exact) mass is 212 g/mol.